The van der Waals surface area contributed by atoms with Crippen molar-refractivity contribution in [3.8, 4) is 5.75 Å². The van der Waals surface area contributed by atoms with Crippen molar-refractivity contribution in [1.29, 1.82) is 0 Å². The van der Waals surface area contributed by atoms with Gasteiger partial charge in [0.2, 0.25) is 0 Å². The van der Waals surface area contributed by atoms with Crippen LogP contribution in [0.3, 0.4) is 0 Å². The van der Waals surface area contributed by atoms with E-state index in [1.165, 1.54) is 9.77 Å². The van der Waals surface area contributed by atoms with Crippen molar-refractivity contribution in [3.63, 3.8) is 0 Å². The third kappa shape index (κ3) is 4.84. The smallest absolute Gasteiger partial charge is 0.132 e. The van der Waals surface area contributed by atoms with E-state index in [-0.39, 0.29) is 0 Å². The van der Waals surface area contributed by atoms with Gasteiger partial charge in [0.15, 0.2) is 0 Å². The van der Waals surface area contributed by atoms with Gasteiger partial charge < -0.3 is 10.1 Å². The lowest BCUT2D eigenvalue weighted by Crippen LogP contribution is -2.20. The van der Waals surface area contributed by atoms with Gasteiger partial charge in [-0.3, -0.25) is 0 Å². The Balaban J connectivity index is 1.69. The van der Waals surface area contributed by atoms with Crippen LogP contribution in [0, 0.1) is 0 Å². The molecule has 1 heterocycles. The number of halogens is 1. The zero-order valence-corrected chi connectivity index (χ0v) is 13.9. The van der Waals surface area contributed by atoms with Crippen molar-refractivity contribution >= 4 is 39.0 Å². The summed E-state index contributed by atoms with van der Waals surface area (Å²) < 4.78 is 6.93. The molecular formula is C14H16BrNOS2. The fraction of sp³-hybridized carbons (Fsp3) is 0.286. The Morgan fingerprint density at radius 3 is 2.95 bits per heavy atom. The molecule has 0 aliphatic rings. The van der Waals surface area contributed by atoms with Gasteiger partial charge in [-0.2, -0.15) is 0 Å². The van der Waals surface area contributed by atoms with Gasteiger partial charge in [-0.25, -0.2) is 0 Å². The number of nitrogens with one attached hydrogen (secondary N) is 1. The van der Waals surface area contributed by atoms with Gasteiger partial charge in [0.25, 0.3) is 0 Å². The van der Waals surface area contributed by atoms with Crippen LogP contribution in [0.5, 0.6) is 5.75 Å². The van der Waals surface area contributed by atoms with Gasteiger partial charge in [0.05, 0.1) is 0 Å². The first-order chi connectivity index (χ1) is 9.29. The van der Waals surface area contributed by atoms with E-state index in [4.69, 9.17) is 4.74 Å². The summed E-state index contributed by atoms with van der Waals surface area (Å²) in [4.78, 5) is 2.51. The molecule has 0 atom stereocenters. The Morgan fingerprint density at radius 1 is 1.37 bits per heavy atom. The van der Waals surface area contributed by atoms with Gasteiger partial charge in [-0.1, -0.05) is 12.1 Å². The average Bonchev–Trinajstić information content (AvgIpc) is 2.84. The highest BCUT2D eigenvalue weighted by Gasteiger charge is 2.01. The molecule has 1 aromatic heterocycles. The highest BCUT2D eigenvalue weighted by atomic mass is 79.9. The fourth-order valence-electron chi connectivity index (χ4n) is 1.63. The summed E-state index contributed by atoms with van der Waals surface area (Å²) in [6.45, 7) is 2.42. The Hall–Kier alpha value is -0.490. The van der Waals surface area contributed by atoms with Crippen molar-refractivity contribution in [1.82, 2.24) is 5.32 Å². The number of ether oxygens (including phenoxy) is 1. The lowest BCUT2D eigenvalue weighted by atomic mass is 10.3. The Kier molecular flexibility index (Phi) is 6.23. The second-order valence-electron chi connectivity index (χ2n) is 3.91. The van der Waals surface area contributed by atoms with Gasteiger partial charge >= 0.3 is 0 Å². The monoisotopic (exact) mass is 357 g/mol. The summed E-state index contributed by atoms with van der Waals surface area (Å²) in [6, 6.07) is 10.3. The molecule has 0 aliphatic carbocycles. The van der Waals surface area contributed by atoms with Crippen molar-refractivity contribution in [2.75, 3.05) is 19.4 Å². The topological polar surface area (TPSA) is 21.3 Å². The zero-order valence-electron chi connectivity index (χ0n) is 10.7. The summed E-state index contributed by atoms with van der Waals surface area (Å²) in [6.07, 6.45) is 2.06. The number of hydrogen-bond donors (Lipinski definition) is 1. The van der Waals surface area contributed by atoms with Crippen molar-refractivity contribution < 1.29 is 4.74 Å². The van der Waals surface area contributed by atoms with Gasteiger partial charge in [-0.15, -0.1) is 23.1 Å². The number of thioether (sulfide) groups is 1. The van der Waals surface area contributed by atoms with Crippen LogP contribution in [0.15, 0.2) is 45.1 Å². The van der Waals surface area contributed by atoms with Gasteiger partial charge in [0, 0.05) is 32.7 Å². The molecule has 0 bridgehead atoms. The maximum absolute atomic E-state index is 5.78. The maximum atomic E-state index is 5.78. The third-order valence-corrected chi connectivity index (χ3v) is 5.00. The molecule has 19 heavy (non-hydrogen) atoms. The molecule has 2 nitrogen and oxygen atoms in total. The van der Waals surface area contributed by atoms with Crippen LogP contribution in [0.1, 0.15) is 4.88 Å². The zero-order chi connectivity index (χ0) is 13.5. The second-order valence-corrected chi connectivity index (χ2v) is 6.67. The molecule has 0 amide bonds. The largest absolute Gasteiger partial charge is 0.491 e. The van der Waals surface area contributed by atoms with E-state index in [2.05, 4.69) is 45.0 Å². The van der Waals surface area contributed by atoms with Crippen LogP contribution in [-0.2, 0) is 6.54 Å². The minimum Gasteiger partial charge on any atom is -0.491 e. The van der Waals surface area contributed by atoms with Gasteiger partial charge in [-0.05, 0) is 40.4 Å². The minimum atomic E-state index is 0.685. The van der Waals surface area contributed by atoms with Crippen LogP contribution in [-0.4, -0.2) is 19.4 Å². The molecule has 0 radical (unpaired) electrons. The van der Waals surface area contributed by atoms with Crippen molar-refractivity contribution in [2.45, 2.75) is 11.4 Å². The first-order valence-electron chi connectivity index (χ1n) is 5.99. The van der Waals surface area contributed by atoms with E-state index in [9.17, 15) is 0 Å². The van der Waals surface area contributed by atoms with Crippen LogP contribution in [0.25, 0.3) is 0 Å². The molecular weight excluding hydrogens is 342 g/mol. The van der Waals surface area contributed by atoms with E-state index in [0.717, 1.165) is 23.3 Å². The molecule has 0 saturated heterocycles. The Bertz CT molecular complexity index is 516. The molecule has 1 N–H and O–H groups in total. The molecule has 0 saturated carbocycles. The Labute approximate surface area is 130 Å². The molecule has 0 spiro atoms. The summed E-state index contributed by atoms with van der Waals surface area (Å²) in [7, 11) is 0. The van der Waals surface area contributed by atoms with Crippen molar-refractivity contribution in [3.05, 3.63) is 45.1 Å². The average molecular weight is 358 g/mol. The van der Waals surface area contributed by atoms with Crippen LogP contribution < -0.4 is 10.1 Å². The van der Waals surface area contributed by atoms with E-state index in [1.807, 2.05) is 18.2 Å². The first-order valence-corrected chi connectivity index (χ1v) is 8.89. The van der Waals surface area contributed by atoms with Crippen LogP contribution in [0.4, 0.5) is 0 Å². The number of rotatable bonds is 7. The van der Waals surface area contributed by atoms with Crippen molar-refractivity contribution in [2.24, 2.45) is 0 Å². The van der Waals surface area contributed by atoms with E-state index < -0.39 is 0 Å². The first kappa shape index (κ1) is 14.9. The molecule has 2 rings (SSSR count). The molecule has 0 fully saturated rings. The maximum Gasteiger partial charge on any atom is 0.132 e. The summed E-state index contributed by atoms with van der Waals surface area (Å²) in [5.41, 5.74) is 0. The Morgan fingerprint density at radius 2 is 2.21 bits per heavy atom. The second kappa shape index (κ2) is 7.94. The van der Waals surface area contributed by atoms with E-state index in [1.54, 1.807) is 23.1 Å². The molecule has 0 aliphatic heterocycles. The molecule has 1 aromatic carbocycles. The van der Waals surface area contributed by atoms with E-state index in [0.29, 0.717) is 6.61 Å². The third-order valence-electron chi connectivity index (χ3n) is 2.53. The molecule has 5 heteroatoms. The lowest BCUT2D eigenvalue weighted by molar-refractivity contribution is 0.307. The number of benzene rings is 1. The minimum absolute atomic E-state index is 0.685. The van der Waals surface area contributed by atoms with E-state index >= 15 is 0 Å². The van der Waals surface area contributed by atoms with Crippen LogP contribution in [0.2, 0.25) is 0 Å². The highest BCUT2D eigenvalue weighted by molar-refractivity contribution is 9.10. The number of para-hydroxylation sites is 1. The predicted molar refractivity (Wildman–Crippen MR) is 87.4 cm³/mol. The number of hydrogen-bond acceptors (Lipinski definition) is 4. The molecule has 102 valence electrons. The molecule has 0 unspecified atom stereocenters. The fourth-order valence-corrected chi connectivity index (χ4v) is 3.59. The van der Waals surface area contributed by atoms with Crippen LogP contribution >= 0.6 is 39.0 Å². The summed E-state index contributed by atoms with van der Waals surface area (Å²) >= 11 is 6.92. The summed E-state index contributed by atoms with van der Waals surface area (Å²) in [5.74, 6) is 0.968. The number of thiophene rings is 1. The SMILES string of the molecule is CSc1ccccc1OCCNCc1cc(Br)cs1. The standard InChI is InChI=1S/C14H16BrNOS2/c1-18-14-5-3-2-4-13(14)17-7-6-16-9-12-8-11(15)10-19-12/h2-5,8,10,16H,6-7,9H2,1H3. The van der Waals surface area contributed by atoms with Gasteiger partial charge in [0.1, 0.15) is 12.4 Å². The quantitative estimate of drug-likeness (QED) is 0.586. The lowest BCUT2D eigenvalue weighted by Gasteiger charge is -2.10. The normalized spacial score (nSPS) is 10.6. The predicted octanol–water partition coefficient (Wildman–Crippen LogP) is 4.40. The summed E-state index contributed by atoms with van der Waals surface area (Å²) in [5, 5.41) is 5.48. The highest BCUT2D eigenvalue weighted by Crippen LogP contribution is 2.26. The molecule has 2 aromatic rings.